The van der Waals surface area contributed by atoms with E-state index >= 15 is 0 Å². The Kier molecular flexibility index (Phi) is 10.3. The fourth-order valence-electron chi connectivity index (χ4n) is 1.18. The van der Waals surface area contributed by atoms with Crippen LogP contribution in [0.25, 0.3) is 0 Å². The van der Waals surface area contributed by atoms with Gasteiger partial charge in [0.1, 0.15) is 6.04 Å². The van der Waals surface area contributed by atoms with Crippen LogP contribution < -0.4 is 10.6 Å². The van der Waals surface area contributed by atoms with E-state index in [2.05, 4.69) is 10.6 Å². The molecular formula is C10H21ClN2O3. The summed E-state index contributed by atoms with van der Waals surface area (Å²) in [7, 11) is 0. The second kappa shape index (κ2) is 9.42. The van der Waals surface area contributed by atoms with Crippen LogP contribution in [-0.2, 0) is 9.59 Å². The first kappa shape index (κ1) is 17.6. The summed E-state index contributed by atoms with van der Waals surface area (Å²) < 4.78 is 0. The van der Waals surface area contributed by atoms with Crippen LogP contribution in [0.4, 0.5) is 0 Å². The highest BCUT2D eigenvalue weighted by atomic mass is 35.5. The van der Waals surface area contributed by atoms with E-state index < -0.39 is 12.0 Å². The molecule has 0 aliphatic heterocycles. The molecule has 0 aromatic heterocycles. The van der Waals surface area contributed by atoms with E-state index in [9.17, 15) is 9.59 Å². The fraction of sp³-hybridized carbons (Fsp3) is 0.800. The van der Waals surface area contributed by atoms with Crippen molar-refractivity contribution in [2.75, 3.05) is 13.1 Å². The van der Waals surface area contributed by atoms with E-state index in [1.54, 1.807) is 0 Å². The third-order valence-corrected chi connectivity index (χ3v) is 1.88. The van der Waals surface area contributed by atoms with Crippen molar-refractivity contribution in [3.63, 3.8) is 0 Å². The highest BCUT2D eigenvalue weighted by Crippen LogP contribution is 2.04. The van der Waals surface area contributed by atoms with Crippen molar-refractivity contribution in [2.24, 2.45) is 5.92 Å². The second-order valence-corrected chi connectivity index (χ2v) is 3.87. The van der Waals surface area contributed by atoms with Gasteiger partial charge in [-0.3, -0.25) is 4.79 Å². The van der Waals surface area contributed by atoms with Gasteiger partial charge in [0, 0.05) is 0 Å². The topological polar surface area (TPSA) is 78.4 Å². The van der Waals surface area contributed by atoms with Crippen molar-refractivity contribution in [3.8, 4) is 0 Å². The number of carbonyl (C=O) groups excluding carboxylic acids is 1. The molecule has 5 nitrogen and oxygen atoms in total. The normalized spacial score (nSPS) is 11.8. The molecule has 0 radical (unpaired) electrons. The average molecular weight is 253 g/mol. The second-order valence-electron chi connectivity index (χ2n) is 3.87. The summed E-state index contributed by atoms with van der Waals surface area (Å²) in [6.07, 6.45) is 0.452. The standard InChI is InChI=1S/C10H20N2O3.ClH/c1-4-11-6-9(13)12-8(10(14)15)5-7(2)3;/h7-8,11H,4-6H2,1-3H3,(H,12,13)(H,14,15);1H/t8-;/m0./s1. The van der Waals surface area contributed by atoms with Crippen molar-refractivity contribution in [3.05, 3.63) is 0 Å². The number of amides is 1. The highest BCUT2D eigenvalue weighted by Gasteiger charge is 2.20. The van der Waals surface area contributed by atoms with Gasteiger partial charge in [-0.2, -0.15) is 0 Å². The molecule has 0 spiro atoms. The average Bonchev–Trinajstić information content (AvgIpc) is 2.12. The summed E-state index contributed by atoms with van der Waals surface area (Å²) in [6, 6.07) is -0.781. The molecule has 0 saturated heterocycles. The first-order valence-electron chi connectivity index (χ1n) is 5.20. The van der Waals surface area contributed by atoms with Gasteiger partial charge in [0.15, 0.2) is 0 Å². The number of hydrogen-bond donors (Lipinski definition) is 3. The van der Waals surface area contributed by atoms with Crippen LogP contribution >= 0.6 is 12.4 Å². The molecule has 0 aliphatic rings. The summed E-state index contributed by atoms with van der Waals surface area (Å²) in [6.45, 7) is 6.59. The van der Waals surface area contributed by atoms with Crippen molar-refractivity contribution in [1.82, 2.24) is 10.6 Å². The Bertz CT molecular complexity index is 222. The smallest absolute Gasteiger partial charge is 0.326 e. The number of nitrogens with one attached hydrogen (secondary N) is 2. The molecule has 0 saturated carbocycles. The minimum absolute atomic E-state index is 0. The Morgan fingerprint density at radius 3 is 2.25 bits per heavy atom. The Balaban J connectivity index is 0. The summed E-state index contributed by atoms with van der Waals surface area (Å²) in [4.78, 5) is 22.1. The van der Waals surface area contributed by atoms with Gasteiger partial charge < -0.3 is 15.7 Å². The molecule has 6 heteroatoms. The van der Waals surface area contributed by atoms with E-state index in [1.807, 2.05) is 20.8 Å². The lowest BCUT2D eigenvalue weighted by atomic mass is 10.0. The summed E-state index contributed by atoms with van der Waals surface area (Å²) >= 11 is 0. The summed E-state index contributed by atoms with van der Waals surface area (Å²) in [5, 5.41) is 14.2. The summed E-state index contributed by atoms with van der Waals surface area (Å²) in [5.74, 6) is -1.01. The molecule has 16 heavy (non-hydrogen) atoms. The number of hydrogen-bond acceptors (Lipinski definition) is 3. The minimum atomic E-state index is -0.978. The van der Waals surface area contributed by atoms with Crippen LogP contribution in [0.2, 0.25) is 0 Å². The zero-order chi connectivity index (χ0) is 11.8. The Morgan fingerprint density at radius 2 is 1.88 bits per heavy atom. The molecule has 0 aliphatic carbocycles. The third kappa shape index (κ3) is 8.49. The predicted octanol–water partition coefficient (Wildman–Crippen LogP) is 0.633. The van der Waals surface area contributed by atoms with Crippen LogP contribution in [0.3, 0.4) is 0 Å². The number of rotatable bonds is 7. The zero-order valence-corrected chi connectivity index (χ0v) is 10.8. The monoisotopic (exact) mass is 252 g/mol. The van der Waals surface area contributed by atoms with Crippen molar-refractivity contribution < 1.29 is 14.7 Å². The molecule has 0 fully saturated rings. The maximum atomic E-state index is 11.3. The van der Waals surface area contributed by atoms with Gasteiger partial charge in [-0.1, -0.05) is 20.8 Å². The summed E-state index contributed by atoms with van der Waals surface area (Å²) in [5.41, 5.74) is 0. The van der Waals surface area contributed by atoms with Gasteiger partial charge >= 0.3 is 5.97 Å². The number of likely N-dealkylation sites (N-methyl/N-ethyl adjacent to an activating group) is 1. The highest BCUT2D eigenvalue weighted by molar-refractivity contribution is 5.85. The first-order valence-corrected chi connectivity index (χ1v) is 5.20. The van der Waals surface area contributed by atoms with E-state index in [0.29, 0.717) is 13.0 Å². The predicted molar refractivity (Wildman–Crippen MR) is 64.8 cm³/mol. The van der Waals surface area contributed by atoms with Gasteiger partial charge in [-0.15, -0.1) is 12.4 Å². The zero-order valence-electron chi connectivity index (χ0n) is 9.95. The molecule has 96 valence electrons. The first-order chi connectivity index (χ1) is 6.97. The molecule has 3 N–H and O–H groups in total. The van der Waals surface area contributed by atoms with Crippen LogP contribution in [0, 0.1) is 5.92 Å². The van der Waals surface area contributed by atoms with Gasteiger partial charge in [0.05, 0.1) is 6.54 Å². The number of halogens is 1. The Labute approximate surface area is 102 Å². The van der Waals surface area contributed by atoms with Crippen molar-refractivity contribution in [1.29, 1.82) is 0 Å². The van der Waals surface area contributed by atoms with Crippen molar-refractivity contribution in [2.45, 2.75) is 33.2 Å². The number of carbonyl (C=O) groups is 2. The van der Waals surface area contributed by atoms with Crippen LogP contribution in [0.1, 0.15) is 27.2 Å². The largest absolute Gasteiger partial charge is 0.480 e. The maximum Gasteiger partial charge on any atom is 0.326 e. The molecule has 0 aromatic rings. The molecule has 0 bridgehead atoms. The molecular weight excluding hydrogens is 232 g/mol. The molecule has 0 heterocycles. The number of carboxylic acid groups (broad SMARTS) is 1. The van der Waals surface area contributed by atoms with Crippen LogP contribution in [-0.4, -0.2) is 36.1 Å². The minimum Gasteiger partial charge on any atom is -0.480 e. The van der Waals surface area contributed by atoms with Gasteiger partial charge in [-0.25, -0.2) is 4.79 Å². The van der Waals surface area contributed by atoms with E-state index in [-0.39, 0.29) is 30.8 Å². The quantitative estimate of drug-likeness (QED) is 0.621. The fourth-order valence-corrected chi connectivity index (χ4v) is 1.18. The molecule has 0 aromatic carbocycles. The third-order valence-electron chi connectivity index (χ3n) is 1.88. The van der Waals surface area contributed by atoms with Crippen LogP contribution in [0.15, 0.2) is 0 Å². The SMILES string of the molecule is CCNCC(=O)N[C@@H](CC(C)C)C(=O)O.Cl. The van der Waals surface area contributed by atoms with Gasteiger partial charge in [0.2, 0.25) is 5.91 Å². The van der Waals surface area contributed by atoms with Crippen molar-refractivity contribution >= 4 is 24.3 Å². The van der Waals surface area contributed by atoms with E-state index in [1.165, 1.54) is 0 Å². The van der Waals surface area contributed by atoms with E-state index in [0.717, 1.165) is 0 Å². The lowest BCUT2D eigenvalue weighted by Crippen LogP contribution is -2.45. The van der Waals surface area contributed by atoms with Gasteiger partial charge in [-0.05, 0) is 18.9 Å². The van der Waals surface area contributed by atoms with Crippen LogP contribution in [0.5, 0.6) is 0 Å². The lowest BCUT2D eigenvalue weighted by Gasteiger charge is -2.16. The number of carboxylic acids is 1. The molecule has 1 atom stereocenters. The lowest BCUT2D eigenvalue weighted by molar-refractivity contribution is -0.142. The van der Waals surface area contributed by atoms with E-state index in [4.69, 9.17) is 5.11 Å². The molecule has 1 amide bonds. The Hall–Kier alpha value is -0.810. The maximum absolute atomic E-state index is 11.3. The molecule has 0 rings (SSSR count). The molecule has 0 unspecified atom stereocenters. The number of aliphatic carboxylic acids is 1. The van der Waals surface area contributed by atoms with Gasteiger partial charge in [0.25, 0.3) is 0 Å². The Morgan fingerprint density at radius 1 is 1.31 bits per heavy atom.